The quantitative estimate of drug-likeness (QED) is 0.913. The number of rotatable bonds is 2. The zero-order valence-electron chi connectivity index (χ0n) is 10.0. The first-order valence-corrected chi connectivity index (χ1v) is 5.99. The molecule has 0 saturated carbocycles. The minimum Gasteiger partial charge on any atom is -0.493 e. The van der Waals surface area contributed by atoms with Gasteiger partial charge in [0.05, 0.1) is 12.9 Å². The Kier molecular flexibility index (Phi) is 2.70. The van der Waals surface area contributed by atoms with Gasteiger partial charge >= 0.3 is 6.18 Å². The summed E-state index contributed by atoms with van der Waals surface area (Å²) in [6.07, 6.45) is -2.46. The monoisotopic (exact) mass is 271 g/mol. The number of hydrogen-bond donors (Lipinski definition) is 1. The van der Waals surface area contributed by atoms with E-state index in [1.54, 1.807) is 0 Å². The first-order valence-electron chi connectivity index (χ1n) is 5.99. The fraction of sp³-hybridized carbons (Fsp3) is 0.385. The number of alkyl halides is 3. The Morgan fingerprint density at radius 2 is 2.11 bits per heavy atom. The van der Waals surface area contributed by atoms with Crippen LogP contribution in [0.2, 0.25) is 0 Å². The standard InChI is InChI=1S/C13H12F3NO2/c14-13(15,16)10-9-3-6-18-11(9)7(1-4-17)8-2-5-19-12(8)10/h2,5H,1,3-4,6,17H2. The molecule has 3 nitrogen and oxygen atoms in total. The smallest absolute Gasteiger partial charge is 0.420 e. The molecule has 0 aliphatic carbocycles. The van der Waals surface area contributed by atoms with Gasteiger partial charge in [-0.1, -0.05) is 0 Å². The number of ether oxygens (including phenoxy) is 1. The molecular formula is C13H12F3NO2. The average molecular weight is 271 g/mol. The maximum Gasteiger partial charge on any atom is 0.420 e. The van der Waals surface area contributed by atoms with Crippen LogP contribution in [0.4, 0.5) is 13.2 Å². The molecule has 0 fully saturated rings. The van der Waals surface area contributed by atoms with Crippen molar-refractivity contribution in [2.75, 3.05) is 13.2 Å². The summed E-state index contributed by atoms with van der Waals surface area (Å²) in [6.45, 7) is 0.615. The van der Waals surface area contributed by atoms with Crippen LogP contribution in [0.1, 0.15) is 16.7 Å². The third-order valence-electron chi connectivity index (χ3n) is 3.34. The zero-order chi connectivity index (χ0) is 13.6. The predicted octanol–water partition coefficient (Wildman–Crippen LogP) is 2.89. The molecule has 1 aromatic heterocycles. The van der Waals surface area contributed by atoms with Crippen molar-refractivity contribution in [3.63, 3.8) is 0 Å². The lowest BCUT2D eigenvalue weighted by Crippen LogP contribution is -2.11. The second kappa shape index (κ2) is 4.16. The van der Waals surface area contributed by atoms with E-state index in [2.05, 4.69) is 0 Å². The lowest BCUT2D eigenvalue weighted by molar-refractivity contribution is -0.137. The highest BCUT2D eigenvalue weighted by molar-refractivity contribution is 5.89. The van der Waals surface area contributed by atoms with Crippen molar-refractivity contribution in [1.82, 2.24) is 0 Å². The maximum absolute atomic E-state index is 13.2. The molecular weight excluding hydrogens is 259 g/mol. The van der Waals surface area contributed by atoms with Crippen molar-refractivity contribution < 1.29 is 22.3 Å². The van der Waals surface area contributed by atoms with Gasteiger partial charge in [0.25, 0.3) is 0 Å². The highest BCUT2D eigenvalue weighted by Crippen LogP contribution is 2.46. The third kappa shape index (κ3) is 1.78. The first kappa shape index (κ1) is 12.3. The van der Waals surface area contributed by atoms with Crippen LogP contribution < -0.4 is 10.5 Å². The van der Waals surface area contributed by atoms with E-state index in [0.717, 1.165) is 0 Å². The van der Waals surface area contributed by atoms with Crippen LogP contribution in [0.15, 0.2) is 16.7 Å². The number of benzene rings is 1. The summed E-state index contributed by atoms with van der Waals surface area (Å²) in [6, 6.07) is 1.54. The van der Waals surface area contributed by atoms with Gasteiger partial charge < -0.3 is 14.9 Å². The Morgan fingerprint density at radius 3 is 2.79 bits per heavy atom. The summed E-state index contributed by atoms with van der Waals surface area (Å²) in [5, 5.41) is 0.443. The second-order valence-corrected chi connectivity index (χ2v) is 4.46. The van der Waals surface area contributed by atoms with Crippen LogP contribution >= 0.6 is 0 Å². The van der Waals surface area contributed by atoms with Crippen LogP contribution in [0, 0.1) is 0 Å². The maximum atomic E-state index is 13.2. The predicted molar refractivity (Wildman–Crippen MR) is 63.2 cm³/mol. The van der Waals surface area contributed by atoms with E-state index in [1.165, 1.54) is 12.3 Å². The summed E-state index contributed by atoms with van der Waals surface area (Å²) >= 11 is 0. The average Bonchev–Trinajstić information content (AvgIpc) is 2.94. The highest BCUT2D eigenvalue weighted by Gasteiger charge is 2.41. The fourth-order valence-electron chi connectivity index (χ4n) is 2.66. The molecule has 19 heavy (non-hydrogen) atoms. The van der Waals surface area contributed by atoms with Gasteiger partial charge in [0.2, 0.25) is 0 Å². The van der Waals surface area contributed by atoms with Gasteiger partial charge in [-0.05, 0) is 19.0 Å². The molecule has 1 aliphatic rings. The normalized spacial score (nSPS) is 14.7. The van der Waals surface area contributed by atoms with Crippen LogP contribution in [0.25, 0.3) is 11.0 Å². The number of halogens is 3. The molecule has 2 N–H and O–H groups in total. The van der Waals surface area contributed by atoms with Crippen molar-refractivity contribution in [1.29, 1.82) is 0 Å². The van der Waals surface area contributed by atoms with E-state index >= 15 is 0 Å². The Balaban J connectivity index is 2.39. The summed E-state index contributed by atoms with van der Waals surface area (Å²) in [5.41, 5.74) is 5.62. The van der Waals surface area contributed by atoms with E-state index in [-0.39, 0.29) is 24.2 Å². The summed E-state index contributed by atoms with van der Waals surface area (Å²) < 4.78 is 50.2. The van der Waals surface area contributed by atoms with Crippen LogP contribution in [-0.2, 0) is 19.0 Å². The van der Waals surface area contributed by atoms with Gasteiger partial charge in [-0.25, -0.2) is 0 Å². The Morgan fingerprint density at radius 1 is 1.32 bits per heavy atom. The molecule has 6 heteroatoms. The van der Waals surface area contributed by atoms with Gasteiger partial charge in [0.1, 0.15) is 16.9 Å². The number of hydrogen-bond acceptors (Lipinski definition) is 3. The number of fused-ring (bicyclic) bond motifs is 2. The van der Waals surface area contributed by atoms with Gasteiger partial charge in [-0.3, -0.25) is 0 Å². The van der Waals surface area contributed by atoms with Crippen molar-refractivity contribution in [3.8, 4) is 5.75 Å². The van der Waals surface area contributed by atoms with Gasteiger partial charge in [-0.15, -0.1) is 0 Å². The van der Waals surface area contributed by atoms with Crippen molar-refractivity contribution >= 4 is 11.0 Å². The minimum atomic E-state index is -4.45. The van der Waals surface area contributed by atoms with Crippen LogP contribution in [0.5, 0.6) is 5.75 Å². The van der Waals surface area contributed by atoms with E-state index in [4.69, 9.17) is 14.9 Å². The fourth-order valence-corrected chi connectivity index (χ4v) is 2.66. The number of nitrogens with two attached hydrogens (primary N) is 1. The molecule has 0 amide bonds. The molecule has 3 rings (SSSR count). The molecule has 1 aromatic carbocycles. The zero-order valence-corrected chi connectivity index (χ0v) is 10.0. The Labute approximate surface area is 107 Å². The molecule has 0 saturated heterocycles. The van der Waals surface area contributed by atoms with E-state index in [1.807, 2.05) is 0 Å². The lowest BCUT2D eigenvalue weighted by Gasteiger charge is -2.15. The molecule has 0 atom stereocenters. The van der Waals surface area contributed by atoms with Gasteiger partial charge in [0.15, 0.2) is 0 Å². The summed E-state index contributed by atoms with van der Waals surface area (Å²) in [7, 11) is 0. The van der Waals surface area contributed by atoms with E-state index in [0.29, 0.717) is 29.7 Å². The molecule has 0 spiro atoms. The molecule has 2 aromatic rings. The minimum absolute atomic E-state index is 0.111. The molecule has 102 valence electrons. The van der Waals surface area contributed by atoms with Crippen molar-refractivity contribution in [2.45, 2.75) is 19.0 Å². The number of furan rings is 1. The third-order valence-corrected chi connectivity index (χ3v) is 3.34. The van der Waals surface area contributed by atoms with Crippen LogP contribution in [-0.4, -0.2) is 13.2 Å². The SMILES string of the molecule is NCCc1c2c(c(C(F)(F)F)c3occc13)CCO2. The molecule has 0 unspecified atom stereocenters. The van der Waals surface area contributed by atoms with Crippen molar-refractivity contribution in [2.24, 2.45) is 5.73 Å². The summed E-state index contributed by atoms with van der Waals surface area (Å²) in [5.74, 6) is 0.340. The Bertz CT molecular complexity index is 631. The molecule has 0 radical (unpaired) electrons. The molecule has 0 bridgehead atoms. The highest BCUT2D eigenvalue weighted by atomic mass is 19.4. The molecule has 2 heterocycles. The summed E-state index contributed by atoms with van der Waals surface area (Å²) in [4.78, 5) is 0. The topological polar surface area (TPSA) is 48.4 Å². The van der Waals surface area contributed by atoms with Crippen molar-refractivity contribution in [3.05, 3.63) is 29.0 Å². The van der Waals surface area contributed by atoms with Gasteiger partial charge in [0, 0.05) is 22.9 Å². The first-order chi connectivity index (χ1) is 9.04. The van der Waals surface area contributed by atoms with Crippen LogP contribution in [0.3, 0.4) is 0 Å². The van der Waals surface area contributed by atoms with Gasteiger partial charge in [-0.2, -0.15) is 13.2 Å². The Hall–Kier alpha value is -1.69. The largest absolute Gasteiger partial charge is 0.493 e. The van der Waals surface area contributed by atoms with E-state index < -0.39 is 11.7 Å². The lowest BCUT2D eigenvalue weighted by atomic mass is 9.95. The van der Waals surface area contributed by atoms with E-state index in [9.17, 15) is 13.2 Å². The second-order valence-electron chi connectivity index (χ2n) is 4.46. The molecule has 1 aliphatic heterocycles.